The van der Waals surface area contributed by atoms with E-state index in [1.54, 1.807) is 12.3 Å². The molecule has 0 saturated carbocycles. The third-order valence-corrected chi connectivity index (χ3v) is 4.52. The first kappa shape index (κ1) is 15.2. The molecular formula is C16H24N4O2. The van der Waals surface area contributed by atoms with E-state index in [-0.39, 0.29) is 17.9 Å². The number of pyridine rings is 1. The number of carbonyl (C=O) groups is 1. The van der Waals surface area contributed by atoms with Crippen LogP contribution in [0.25, 0.3) is 0 Å². The van der Waals surface area contributed by atoms with Crippen molar-refractivity contribution >= 4 is 11.7 Å². The van der Waals surface area contributed by atoms with Crippen LogP contribution in [-0.4, -0.2) is 54.8 Å². The van der Waals surface area contributed by atoms with Gasteiger partial charge in [-0.1, -0.05) is 0 Å². The third-order valence-electron chi connectivity index (χ3n) is 4.52. The van der Waals surface area contributed by atoms with Crippen molar-refractivity contribution in [1.29, 1.82) is 0 Å². The van der Waals surface area contributed by atoms with Crippen LogP contribution in [0.1, 0.15) is 29.6 Å². The predicted molar refractivity (Wildman–Crippen MR) is 85.0 cm³/mol. The molecule has 6 nitrogen and oxygen atoms in total. The molecule has 120 valence electrons. The molecule has 3 heterocycles. The Morgan fingerprint density at radius 2 is 2.18 bits per heavy atom. The third kappa shape index (κ3) is 3.39. The van der Waals surface area contributed by atoms with Gasteiger partial charge in [-0.2, -0.15) is 0 Å². The number of aliphatic hydroxyl groups is 1. The summed E-state index contributed by atoms with van der Waals surface area (Å²) in [4.78, 5) is 19.1. The number of amides is 1. The lowest BCUT2D eigenvalue weighted by molar-refractivity contribution is 0.0927. The van der Waals surface area contributed by atoms with Crippen LogP contribution in [0, 0.1) is 5.92 Å². The van der Waals surface area contributed by atoms with Gasteiger partial charge in [0.05, 0.1) is 11.7 Å². The first-order chi connectivity index (χ1) is 10.8. The van der Waals surface area contributed by atoms with Gasteiger partial charge in [-0.3, -0.25) is 4.79 Å². The summed E-state index contributed by atoms with van der Waals surface area (Å²) in [5.74, 6) is 0.761. The van der Waals surface area contributed by atoms with Crippen molar-refractivity contribution in [3.8, 4) is 0 Å². The fraction of sp³-hybridized carbons (Fsp3) is 0.625. The SMILES string of the molecule is O=C(NCC1CNCC1O)c1cccnc1N1CCCCC1. The number of aromatic nitrogens is 1. The second-order valence-corrected chi connectivity index (χ2v) is 6.12. The van der Waals surface area contributed by atoms with Crippen LogP contribution in [0.2, 0.25) is 0 Å². The smallest absolute Gasteiger partial charge is 0.255 e. The van der Waals surface area contributed by atoms with Gasteiger partial charge in [0, 0.05) is 44.8 Å². The van der Waals surface area contributed by atoms with Gasteiger partial charge in [0.15, 0.2) is 0 Å². The number of piperidine rings is 1. The van der Waals surface area contributed by atoms with E-state index < -0.39 is 0 Å². The lowest BCUT2D eigenvalue weighted by Gasteiger charge is -2.29. The van der Waals surface area contributed by atoms with Gasteiger partial charge < -0.3 is 20.6 Å². The Bertz CT molecular complexity index is 517. The summed E-state index contributed by atoms with van der Waals surface area (Å²) < 4.78 is 0. The average Bonchev–Trinajstić information content (AvgIpc) is 2.98. The minimum absolute atomic E-state index is 0.0825. The highest BCUT2D eigenvalue weighted by molar-refractivity contribution is 5.98. The maximum atomic E-state index is 12.5. The van der Waals surface area contributed by atoms with Gasteiger partial charge in [-0.25, -0.2) is 4.98 Å². The Labute approximate surface area is 130 Å². The van der Waals surface area contributed by atoms with Crippen LogP contribution in [0.15, 0.2) is 18.3 Å². The second kappa shape index (κ2) is 7.07. The van der Waals surface area contributed by atoms with Gasteiger partial charge in [-0.05, 0) is 31.4 Å². The van der Waals surface area contributed by atoms with Gasteiger partial charge in [0.2, 0.25) is 0 Å². The molecule has 2 aliphatic rings. The first-order valence-electron chi connectivity index (χ1n) is 8.12. The summed E-state index contributed by atoms with van der Waals surface area (Å²) in [7, 11) is 0. The molecule has 0 aromatic carbocycles. The Morgan fingerprint density at radius 3 is 2.91 bits per heavy atom. The molecule has 2 atom stereocenters. The van der Waals surface area contributed by atoms with Crippen molar-refractivity contribution in [2.24, 2.45) is 5.92 Å². The molecule has 3 N–H and O–H groups in total. The second-order valence-electron chi connectivity index (χ2n) is 6.12. The van der Waals surface area contributed by atoms with E-state index in [1.807, 2.05) is 6.07 Å². The molecule has 1 aromatic heterocycles. The summed E-state index contributed by atoms with van der Waals surface area (Å²) in [6.45, 7) is 3.76. The molecular weight excluding hydrogens is 280 g/mol. The summed E-state index contributed by atoms with van der Waals surface area (Å²) in [5, 5.41) is 15.9. The zero-order valence-corrected chi connectivity index (χ0v) is 12.8. The van der Waals surface area contributed by atoms with Gasteiger partial charge in [0.1, 0.15) is 5.82 Å². The molecule has 0 aliphatic carbocycles. The zero-order chi connectivity index (χ0) is 15.4. The van der Waals surface area contributed by atoms with Crippen molar-refractivity contribution in [1.82, 2.24) is 15.6 Å². The molecule has 0 spiro atoms. The van der Waals surface area contributed by atoms with E-state index in [0.717, 1.165) is 38.3 Å². The molecule has 1 aromatic rings. The van der Waals surface area contributed by atoms with E-state index in [0.29, 0.717) is 18.7 Å². The van der Waals surface area contributed by atoms with E-state index in [2.05, 4.69) is 20.5 Å². The summed E-state index contributed by atoms with van der Waals surface area (Å²) in [6.07, 6.45) is 4.91. The first-order valence-corrected chi connectivity index (χ1v) is 8.12. The highest BCUT2D eigenvalue weighted by atomic mass is 16.3. The number of anilines is 1. The standard InChI is InChI=1S/C16H24N4O2/c21-14-11-17-9-12(14)10-19-16(22)13-5-4-6-18-15(13)20-7-2-1-3-8-20/h4-6,12,14,17,21H,1-3,7-11H2,(H,19,22). The number of rotatable bonds is 4. The number of β-amino-alcohol motifs (C(OH)–C–C–N with tert-alkyl or cyclic N) is 1. The fourth-order valence-electron chi connectivity index (χ4n) is 3.18. The Kier molecular flexibility index (Phi) is 4.90. The Morgan fingerprint density at radius 1 is 1.36 bits per heavy atom. The van der Waals surface area contributed by atoms with E-state index in [4.69, 9.17) is 0 Å². The zero-order valence-electron chi connectivity index (χ0n) is 12.8. The number of hydrogen-bond acceptors (Lipinski definition) is 5. The highest BCUT2D eigenvalue weighted by Gasteiger charge is 2.26. The molecule has 3 rings (SSSR count). The molecule has 2 saturated heterocycles. The van der Waals surface area contributed by atoms with E-state index in [9.17, 15) is 9.90 Å². The van der Waals surface area contributed by atoms with E-state index in [1.165, 1.54) is 6.42 Å². The van der Waals surface area contributed by atoms with Crippen molar-refractivity contribution < 1.29 is 9.90 Å². The summed E-state index contributed by atoms with van der Waals surface area (Å²) in [5.41, 5.74) is 0.629. The van der Waals surface area contributed by atoms with Crippen LogP contribution in [0.5, 0.6) is 0 Å². The van der Waals surface area contributed by atoms with Gasteiger partial charge in [-0.15, -0.1) is 0 Å². The van der Waals surface area contributed by atoms with Crippen molar-refractivity contribution in [2.45, 2.75) is 25.4 Å². The Hall–Kier alpha value is -1.66. The number of aliphatic hydroxyl groups excluding tert-OH is 1. The average molecular weight is 304 g/mol. The van der Waals surface area contributed by atoms with Crippen molar-refractivity contribution in [3.05, 3.63) is 23.9 Å². The van der Waals surface area contributed by atoms with E-state index >= 15 is 0 Å². The number of nitrogens with one attached hydrogen (secondary N) is 2. The normalized spacial score (nSPS) is 25.2. The predicted octanol–water partition coefficient (Wildman–Crippen LogP) is 0.382. The van der Waals surface area contributed by atoms with Crippen LogP contribution >= 0.6 is 0 Å². The summed E-state index contributed by atoms with van der Waals surface area (Å²) >= 11 is 0. The lowest BCUT2D eigenvalue weighted by Crippen LogP contribution is -2.36. The van der Waals surface area contributed by atoms with Crippen LogP contribution in [-0.2, 0) is 0 Å². The number of nitrogens with zero attached hydrogens (tertiary/aromatic N) is 2. The maximum absolute atomic E-state index is 12.5. The summed E-state index contributed by atoms with van der Waals surface area (Å²) in [6, 6.07) is 3.63. The molecule has 22 heavy (non-hydrogen) atoms. The molecule has 0 radical (unpaired) electrons. The molecule has 1 amide bonds. The molecule has 2 aliphatic heterocycles. The molecule has 2 fully saturated rings. The topological polar surface area (TPSA) is 77.5 Å². The molecule has 2 unspecified atom stereocenters. The van der Waals surface area contributed by atoms with Gasteiger partial charge in [0.25, 0.3) is 5.91 Å². The van der Waals surface area contributed by atoms with Crippen LogP contribution in [0.4, 0.5) is 5.82 Å². The highest BCUT2D eigenvalue weighted by Crippen LogP contribution is 2.21. The van der Waals surface area contributed by atoms with Crippen LogP contribution in [0.3, 0.4) is 0 Å². The Balaban J connectivity index is 1.66. The largest absolute Gasteiger partial charge is 0.391 e. The quantitative estimate of drug-likeness (QED) is 0.750. The lowest BCUT2D eigenvalue weighted by atomic mass is 10.1. The number of hydrogen-bond donors (Lipinski definition) is 3. The molecule has 6 heteroatoms. The number of carbonyl (C=O) groups excluding carboxylic acids is 1. The minimum atomic E-state index is -0.379. The maximum Gasteiger partial charge on any atom is 0.255 e. The van der Waals surface area contributed by atoms with Gasteiger partial charge >= 0.3 is 0 Å². The van der Waals surface area contributed by atoms with Crippen LogP contribution < -0.4 is 15.5 Å². The van der Waals surface area contributed by atoms with Crippen molar-refractivity contribution in [2.75, 3.05) is 37.6 Å². The minimum Gasteiger partial charge on any atom is -0.391 e. The fourth-order valence-corrected chi connectivity index (χ4v) is 3.18. The monoisotopic (exact) mass is 304 g/mol. The van der Waals surface area contributed by atoms with Crippen molar-refractivity contribution in [3.63, 3.8) is 0 Å². The molecule has 0 bridgehead atoms.